The topological polar surface area (TPSA) is 53.1 Å². The van der Waals surface area contributed by atoms with E-state index in [9.17, 15) is 9.18 Å². The normalized spacial score (nSPS) is 15.4. The van der Waals surface area contributed by atoms with Crippen molar-refractivity contribution in [3.05, 3.63) is 45.5 Å². The second-order valence-corrected chi connectivity index (χ2v) is 4.49. The van der Waals surface area contributed by atoms with Crippen LogP contribution in [0.3, 0.4) is 0 Å². The molecule has 2 N–H and O–H groups in total. The largest absolute Gasteiger partial charge is 0.392 e. The summed E-state index contributed by atoms with van der Waals surface area (Å²) in [5.74, 6) is -0.201. The van der Waals surface area contributed by atoms with Crippen LogP contribution in [0.1, 0.15) is 29.9 Å². The van der Waals surface area contributed by atoms with Gasteiger partial charge in [0.1, 0.15) is 0 Å². The standard InChI is InChI=1S/C13H12FNO2/c14-11-9(6-16)4-3-8-5-10(7-1-2-7)13(17)15-12(8)11/h3-5,7,16H,1-2,6H2,(H,15,17). The maximum Gasteiger partial charge on any atom is 0.251 e. The number of aliphatic hydroxyl groups excluding tert-OH is 1. The number of halogens is 1. The summed E-state index contributed by atoms with van der Waals surface area (Å²) in [7, 11) is 0. The van der Waals surface area contributed by atoms with Gasteiger partial charge >= 0.3 is 0 Å². The summed E-state index contributed by atoms with van der Waals surface area (Å²) < 4.78 is 13.9. The molecule has 88 valence electrons. The van der Waals surface area contributed by atoms with Gasteiger partial charge in [-0.1, -0.05) is 12.1 Å². The molecule has 17 heavy (non-hydrogen) atoms. The number of aromatic amines is 1. The minimum Gasteiger partial charge on any atom is -0.392 e. The van der Waals surface area contributed by atoms with Crippen molar-refractivity contribution >= 4 is 10.9 Å². The van der Waals surface area contributed by atoms with E-state index in [2.05, 4.69) is 4.98 Å². The molecular formula is C13H12FNO2. The second-order valence-electron chi connectivity index (χ2n) is 4.49. The Morgan fingerprint density at radius 2 is 2.18 bits per heavy atom. The summed E-state index contributed by atoms with van der Waals surface area (Å²) in [6.07, 6.45) is 2.07. The summed E-state index contributed by atoms with van der Waals surface area (Å²) in [5, 5.41) is 9.65. The van der Waals surface area contributed by atoms with Gasteiger partial charge in [0.05, 0.1) is 12.1 Å². The first-order chi connectivity index (χ1) is 8.20. The summed E-state index contributed by atoms with van der Waals surface area (Å²) in [5.41, 5.74) is 0.918. The van der Waals surface area contributed by atoms with Gasteiger partial charge in [-0.2, -0.15) is 0 Å². The number of aromatic nitrogens is 1. The first-order valence-corrected chi connectivity index (χ1v) is 5.66. The van der Waals surface area contributed by atoms with Crippen LogP contribution in [0.25, 0.3) is 10.9 Å². The van der Waals surface area contributed by atoms with Crippen LogP contribution in [0.5, 0.6) is 0 Å². The highest BCUT2D eigenvalue weighted by molar-refractivity contribution is 5.80. The predicted octanol–water partition coefficient (Wildman–Crippen LogP) is 2.04. The van der Waals surface area contributed by atoms with Crippen molar-refractivity contribution in [1.29, 1.82) is 0 Å². The molecule has 0 saturated heterocycles. The average molecular weight is 233 g/mol. The number of pyridine rings is 1. The fraction of sp³-hybridized carbons (Fsp3) is 0.308. The lowest BCUT2D eigenvalue weighted by Crippen LogP contribution is -2.12. The highest BCUT2D eigenvalue weighted by Gasteiger charge is 2.26. The first kappa shape index (κ1) is 10.5. The van der Waals surface area contributed by atoms with Crippen LogP contribution in [-0.2, 0) is 6.61 Å². The van der Waals surface area contributed by atoms with E-state index in [1.165, 1.54) is 0 Å². The molecule has 4 heteroatoms. The molecule has 1 aromatic carbocycles. The lowest BCUT2D eigenvalue weighted by molar-refractivity contribution is 0.276. The zero-order chi connectivity index (χ0) is 12.0. The molecule has 0 bridgehead atoms. The Morgan fingerprint density at radius 3 is 2.82 bits per heavy atom. The number of hydrogen-bond donors (Lipinski definition) is 2. The van der Waals surface area contributed by atoms with Gasteiger partial charge in [0, 0.05) is 16.5 Å². The molecule has 0 atom stereocenters. The van der Waals surface area contributed by atoms with Gasteiger partial charge in [-0.05, 0) is 24.8 Å². The highest BCUT2D eigenvalue weighted by atomic mass is 19.1. The van der Waals surface area contributed by atoms with Gasteiger partial charge < -0.3 is 10.1 Å². The molecule has 3 nitrogen and oxygen atoms in total. The molecule has 3 rings (SSSR count). The molecule has 1 aromatic heterocycles. The highest BCUT2D eigenvalue weighted by Crippen LogP contribution is 2.39. The monoisotopic (exact) mass is 233 g/mol. The van der Waals surface area contributed by atoms with Crippen molar-refractivity contribution in [3.8, 4) is 0 Å². The van der Waals surface area contributed by atoms with Crippen molar-refractivity contribution in [2.75, 3.05) is 0 Å². The predicted molar refractivity (Wildman–Crippen MR) is 62.4 cm³/mol. The van der Waals surface area contributed by atoms with E-state index in [-0.39, 0.29) is 23.2 Å². The van der Waals surface area contributed by atoms with Gasteiger partial charge in [-0.3, -0.25) is 4.79 Å². The van der Waals surface area contributed by atoms with Crippen LogP contribution in [0.15, 0.2) is 23.0 Å². The lowest BCUT2D eigenvalue weighted by Gasteiger charge is -2.05. The number of aliphatic hydroxyl groups is 1. The van der Waals surface area contributed by atoms with Crippen LogP contribution >= 0.6 is 0 Å². The third-order valence-corrected chi connectivity index (χ3v) is 3.25. The summed E-state index contributed by atoms with van der Waals surface area (Å²) in [6, 6.07) is 5.04. The van der Waals surface area contributed by atoms with Crippen molar-refractivity contribution in [1.82, 2.24) is 4.98 Å². The number of nitrogens with one attached hydrogen (secondary N) is 1. The Kier molecular flexibility index (Phi) is 2.26. The van der Waals surface area contributed by atoms with Crippen molar-refractivity contribution < 1.29 is 9.50 Å². The number of benzene rings is 1. The van der Waals surface area contributed by atoms with Crippen molar-refractivity contribution in [2.45, 2.75) is 25.4 Å². The molecule has 1 heterocycles. The molecule has 1 saturated carbocycles. The Labute approximate surface area is 96.9 Å². The van der Waals surface area contributed by atoms with Gasteiger partial charge in [-0.15, -0.1) is 0 Å². The zero-order valence-electron chi connectivity index (χ0n) is 9.16. The summed E-state index contributed by atoms with van der Waals surface area (Å²) in [4.78, 5) is 14.4. The van der Waals surface area contributed by atoms with Crippen LogP contribution in [-0.4, -0.2) is 10.1 Å². The molecule has 1 aliphatic rings. The minimum atomic E-state index is -0.538. The van der Waals surface area contributed by atoms with Crippen molar-refractivity contribution in [3.63, 3.8) is 0 Å². The van der Waals surface area contributed by atoms with E-state index in [4.69, 9.17) is 5.11 Å². The van der Waals surface area contributed by atoms with Gasteiger partial charge in [0.25, 0.3) is 5.56 Å². The van der Waals surface area contributed by atoms with Gasteiger partial charge in [-0.25, -0.2) is 4.39 Å². The molecule has 2 aromatic rings. The Morgan fingerprint density at radius 1 is 1.41 bits per heavy atom. The van der Waals surface area contributed by atoms with E-state index in [1.807, 2.05) is 0 Å². The quantitative estimate of drug-likeness (QED) is 0.834. The SMILES string of the molecule is O=c1[nH]c2c(F)c(CO)ccc2cc1C1CC1. The van der Waals surface area contributed by atoms with Gasteiger partial charge in [0.15, 0.2) is 5.82 Å². The van der Waals surface area contributed by atoms with E-state index < -0.39 is 5.82 Å². The fourth-order valence-electron chi connectivity index (χ4n) is 2.12. The third-order valence-electron chi connectivity index (χ3n) is 3.25. The molecule has 0 amide bonds. The Hall–Kier alpha value is -1.68. The maximum atomic E-state index is 13.9. The summed E-state index contributed by atoms with van der Waals surface area (Å²) in [6.45, 7) is -0.367. The molecule has 1 fully saturated rings. The maximum absolute atomic E-state index is 13.9. The van der Waals surface area contributed by atoms with Gasteiger partial charge in [0.2, 0.25) is 0 Å². The molecule has 0 spiro atoms. The minimum absolute atomic E-state index is 0.186. The van der Waals surface area contributed by atoms with Crippen LogP contribution < -0.4 is 5.56 Å². The first-order valence-electron chi connectivity index (χ1n) is 5.66. The molecular weight excluding hydrogens is 221 g/mol. The second kappa shape index (κ2) is 3.67. The zero-order valence-corrected chi connectivity index (χ0v) is 9.16. The number of rotatable bonds is 2. The van der Waals surface area contributed by atoms with Crippen LogP contribution in [0, 0.1) is 5.82 Å². The number of H-pyrrole nitrogens is 1. The molecule has 0 radical (unpaired) electrons. The fourth-order valence-corrected chi connectivity index (χ4v) is 2.12. The summed E-state index contributed by atoms with van der Waals surface area (Å²) >= 11 is 0. The van der Waals surface area contributed by atoms with E-state index in [1.54, 1.807) is 18.2 Å². The Balaban J connectivity index is 2.29. The van der Waals surface area contributed by atoms with E-state index in [0.717, 1.165) is 18.4 Å². The van der Waals surface area contributed by atoms with Crippen LogP contribution in [0.2, 0.25) is 0 Å². The smallest absolute Gasteiger partial charge is 0.251 e. The van der Waals surface area contributed by atoms with E-state index in [0.29, 0.717) is 11.3 Å². The molecule has 1 aliphatic carbocycles. The average Bonchev–Trinajstić information content (AvgIpc) is 3.14. The third kappa shape index (κ3) is 1.65. The Bertz CT molecular complexity index is 644. The lowest BCUT2D eigenvalue weighted by atomic mass is 10.1. The molecule has 0 unspecified atom stereocenters. The van der Waals surface area contributed by atoms with Crippen molar-refractivity contribution in [2.24, 2.45) is 0 Å². The molecule has 0 aliphatic heterocycles. The number of fused-ring (bicyclic) bond motifs is 1. The van der Waals surface area contributed by atoms with Crippen LogP contribution in [0.4, 0.5) is 4.39 Å². The number of hydrogen-bond acceptors (Lipinski definition) is 2. The van der Waals surface area contributed by atoms with E-state index >= 15 is 0 Å².